The lowest BCUT2D eigenvalue weighted by Gasteiger charge is -2.15. The first-order valence-electron chi connectivity index (χ1n) is 7.89. The maximum atomic E-state index is 14.0. The van der Waals surface area contributed by atoms with Crippen LogP contribution in [0, 0.1) is 19.7 Å². The van der Waals surface area contributed by atoms with Crippen LogP contribution >= 0.6 is 0 Å². The second-order valence-corrected chi connectivity index (χ2v) is 5.81. The van der Waals surface area contributed by atoms with E-state index in [4.69, 9.17) is 4.52 Å². The number of carbonyl (C=O) groups excluding carboxylic acids is 1. The standard InChI is InChI=1S/C18H19FN4O2/c1-11(17-12(2)22-25-13(17)3)20-18(24)21-16-10-14(6-7-15(16)19)23-8-4-5-9-23/h4-11H,1-3H3,(H2,20,21,24)/t11-/m0/s1. The molecule has 2 aromatic heterocycles. The van der Waals surface area contributed by atoms with Crippen molar-refractivity contribution < 1.29 is 13.7 Å². The van der Waals surface area contributed by atoms with Gasteiger partial charge in [0.05, 0.1) is 17.4 Å². The van der Waals surface area contributed by atoms with Crippen LogP contribution in [0.1, 0.15) is 30.0 Å². The van der Waals surface area contributed by atoms with E-state index in [0.717, 1.165) is 11.3 Å². The van der Waals surface area contributed by atoms with Gasteiger partial charge in [-0.15, -0.1) is 0 Å². The maximum absolute atomic E-state index is 14.0. The average Bonchev–Trinajstić information content (AvgIpc) is 3.19. The number of aryl methyl sites for hydroxylation is 2. The highest BCUT2D eigenvalue weighted by Gasteiger charge is 2.19. The Morgan fingerprint density at radius 2 is 2.00 bits per heavy atom. The van der Waals surface area contributed by atoms with Crippen molar-refractivity contribution in [3.05, 3.63) is 65.6 Å². The Bertz CT molecular complexity index is 867. The van der Waals surface area contributed by atoms with Gasteiger partial charge in [0, 0.05) is 23.6 Å². The maximum Gasteiger partial charge on any atom is 0.319 e. The molecule has 0 bridgehead atoms. The summed E-state index contributed by atoms with van der Waals surface area (Å²) in [6.07, 6.45) is 3.69. The zero-order chi connectivity index (χ0) is 18.0. The summed E-state index contributed by atoms with van der Waals surface area (Å²) in [7, 11) is 0. The molecule has 2 amide bonds. The molecule has 0 saturated carbocycles. The van der Waals surface area contributed by atoms with E-state index in [1.54, 1.807) is 19.1 Å². The summed E-state index contributed by atoms with van der Waals surface area (Å²) in [6, 6.07) is 7.46. The molecule has 25 heavy (non-hydrogen) atoms. The number of hydrogen-bond acceptors (Lipinski definition) is 3. The number of rotatable bonds is 4. The summed E-state index contributed by atoms with van der Waals surface area (Å²) in [5.41, 5.74) is 2.39. The van der Waals surface area contributed by atoms with Gasteiger partial charge in [0.1, 0.15) is 11.6 Å². The summed E-state index contributed by atoms with van der Waals surface area (Å²) in [6.45, 7) is 5.41. The zero-order valence-corrected chi connectivity index (χ0v) is 14.2. The van der Waals surface area contributed by atoms with Gasteiger partial charge in [-0.3, -0.25) is 0 Å². The molecule has 1 aromatic carbocycles. The van der Waals surface area contributed by atoms with Gasteiger partial charge in [0.2, 0.25) is 0 Å². The Morgan fingerprint density at radius 1 is 1.28 bits per heavy atom. The fourth-order valence-electron chi connectivity index (χ4n) is 2.81. The van der Waals surface area contributed by atoms with E-state index in [-0.39, 0.29) is 11.7 Å². The number of benzene rings is 1. The smallest absolute Gasteiger partial charge is 0.319 e. The third-order valence-corrected chi connectivity index (χ3v) is 3.97. The van der Waals surface area contributed by atoms with Gasteiger partial charge in [-0.25, -0.2) is 9.18 Å². The van der Waals surface area contributed by atoms with Crippen molar-refractivity contribution in [2.24, 2.45) is 0 Å². The Labute approximate surface area is 144 Å². The molecule has 130 valence electrons. The lowest BCUT2D eigenvalue weighted by molar-refractivity contribution is 0.249. The Morgan fingerprint density at radius 3 is 2.64 bits per heavy atom. The van der Waals surface area contributed by atoms with E-state index in [1.807, 2.05) is 42.9 Å². The first-order chi connectivity index (χ1) is 12.0. The highest BCUT2D eigenvalue weighted by molar-refractivity contribution is 5.90. The van der Waals surface area contributed by atoms with Gasteiger partial charge in [0.25, 0.3) is 0 Å². The third kappa shape index (κ3) is 3.55. The van der Waals surface area contributed by atoms with Crippen LogP contribution in [0.5, 0.6) is 0 Å². The molecule has 0 radical (unpaired) electrons. The van der Waals surface area contributed by atoms with E-state index in [2.05, 4.69) is 15.8 Å². The molecule has 0 unspecified atom stereocenters. The number of anilines is 1. The van der Waals surface area contributed by atoms with E-state index in [9.17, 15) is 9.18 Å². The quantitative estimate of drug-likeness (QED) is 0.750. The lowest BCUT2D eigenvalue weighted by Crippen LogP contribution is -2.32. The van der Waals surface area contributed by atoms with Gasteiger partial charge in [-0.2, -0.15) is 0 Å². The number of amides is 2. The van der Waals surface area contributed by atoms with E-state index < -0.39 is 11.8 Å². The van der Waals surface area contributed by atoms with Gasteiger partial charge in [0.15, 0.2) is 0 Å². The molecule has 1 atom stereocenters. The SMILES string of the molecule is Cc1noc(C)c1[C@H](C)NC(=O)Nc1cc(-n2cccc2)ccc1F. The van der Waals surface area contributed by atoms with Crippen LogP contribution in [0.4, 0.5) is 14.9 Å². The first kappa shape index (κ1) is 16.8. The highest BCUT2D eigenvalue weighted by atomic mass is 19.1. The minimum absolute atomic E-state index is 0.106. The van der Waals surface area contributed by atoms with Crippen molar-refractivity contribution in [1.82, 2.24) is 15.0 Å². The molecular formula is C18H19FN4O2. The van der Waals surface area contributed by atoms with Crippen LogP contribution in [0.25, 0.3) is 5.69 Å². The highest BCUT2D eigenvalue weighted by Crippen LogP contribution is 2.22. The van der Waals surface area contributed by atoms with Crippen LogP contribution in [0.15, 0.2) is 47.2 Å². The predicted octanol–water partition coefficient (Wildman–Crippen LogP) is 4.10. The summed E-state index contributed by atoms with van der Waals surface area (Å²) in [5.74, 6) is 0.141. The number of nitrogens with one attached hydrogen (secondary N) is 2. The molecule has 0 saturated heterocycles. The molecular weight excluding hydrogens is 323 g/mol. The molecule has 0 aliphatic carbocycles. The van der Waals surface area contributed by atoms with Crippen LogP contribution in [0.2, 0.25) is 0 Å². The van der Waals surface area contributed by atoms with E-state index in [0.29, 0.717) is 11.5 Å². The fourth-order valence-corrected chi connectivity index (χ4v) is 2.81. The minimum Gasteiger partial charge on any atom is -0.361 e. The zero-order valence-electron chi connectivity index (χ0n) is 14.2. The van der Waals surface area contributed by atoms with Crippen molar-refractivity contribution in [1.29, 1.82) is 0 Å². The van der Waals surface area contributed by atoms with Crippen molar-refractivity contribution in [3.8, 4) is 5.69 Å². The van der Waals surface area contributed by atoms with Gasteiger partial charge >= 0.3 is 6.03 Å². The lowest BCUT2D eigenvalue weighted by atomic mass is 10.1. The average molecular weight is 342 g/mol. The van der Waals surface area contributed by atoms with Crippen molar-refractivity contribution in [3.63, 3.8) is 0 Å². The van der Waals surface area contributed by atoms with E-state index >= 15 is 0 Å². The molecule has 2 heterocycles. The monoisotopic (exact) mass is 342 g/mol. The van der Waals surface area contributed by atoms with Crippen LogP contribution in [-0.4, -0.2) is 15.8 Å². The normalized spacial score (nSPS) is 12.0. The number of urea groups is 1. The largest absolute Gasteiger partial charge is 0.361 e. The van der Waals surface area contributed by atoms with Crippen molar-refractivity contribution >= 4 is 11.7 Å². The minimum atomic E-state index is -0.504. The molecule has 6 nitrogen and oxygen atoms in total. The van der Waals surface area contributed by atoms with Crippen molar-refractivity contribution in [2.45, 2.75) is 26.8 Å². The summed E-state index contributed by atoms with van der Waals surface area (Å²) >= 11 is 0. The summed E-state index contributed by atoms with van der Waals surface area (Å²) in [4.78, 5) is 12.2. The van der Waals surface area contributed by atoms with Crippen LogP contribution in [0.3, 0.4) is 0 Å². The molecule has 2 N–H and O–H groups in total. The molecule has 0 fully saturated rings. The predicted molar refractivity (Wildman–Crippen MR) is 92.3 cm³/mol. The third-order valence-electron chi connectivity index (χ3n) is 3.97. The van der Waals surface area contributed by atoms with Crippen LogP contribution < -0.4 is 10.6 Å². The number of nitrogens with zero attached hydrogens (tertiary/aromatic N) is 2. The molecule has 0 aliphatic rings. The number of carbonyl (C=O) groups is 1. The Balaban J connectivity index is 1.74. The molecule has 0 spiro atoms. The summed E-state index contributed by atoms with van der Waals surface area (Å²) < 4.78 is 21.0. The first-order valence-corrected chi connectivity index (χ1v) is 7.89. The Kier molecular flexibility index (Phi) is 4.56. The van der Waals surface area contributed by atoms with Gasteiger partial charge in [-0.05, 0) is 51.1 Å². The number of halogens is 1. The fraction of sp³-hybridized carbons (Fsp3) is 0.222. The number of hydrogen-bond donors (Lipinski definition) is 2. The molecule has 3 aromatic rings. The molecule has 3 rings (SSSR count). The van der Waals surface area contributed by atoms with Gasteiger partial charge < -0.3 is 19.7 Å². The van der Waals surface area contributed by atoms with Gasteiger partial charge in [-0.1, -0.05) is 5.16 Å². The van der Waals surface area contributed by atoms with Crippen LogP contribution in [-0.2, 0) is 0 Å². The topological polar surface area (TPSA) is 72.1 Å². The second kappa shape index (κ2) is 6.80. The second-order valence-electron chi connectivity index (χ2n) is 5.81. The molecule has 7 heteroatoms. The van der Waals surface area contributed by atoms with E-state index in [1.165, 1.54) is 6.07 Å². The molecule has 0 aliphatic heterocycles. The number of aromatic nitrogens is 2. The van der Waals surface area contributed by atoms with Crippen molar-refractivity contribution in [2.75, 3.05) is 5.32 Å². The summed E-state index contributed by atoms with van der Waals surface area (Å²) in [5, 5.41) is 9.20. The Hall–Kier alpha value is -3.09.